The lowest BCUT2D eigenvalue weighted by molar-refractivity contribution is 0.0807. The second kappa shape index (κ2) is 5.01. The van der Waals surface area contributed by atoms with E-state index in [0.29, 0.717) is 5.69 Å². The normalized spacial score (nSPS) is 11.3. The number of carbonyl (C=O) groups excluding carboxylic acids is 1. The fourth-order valence-electron chi connectivity index (χ4n) is 2.09. The molecule has 104 valence electrons. The van der Waals surface area contributed by atoms with Crippen molar-refractivity contribution in [3.63, 3.8) is 0 Å². The number of nitrogens with one attached hydrogen (secondary N) is 1. The third-order valence-corrected chi connectivity index (χ3v) is 3.37. The van der Waals surface area contributed by atoms with E-state index in [1.165, 1.54) is 10.5 Å². The molecule has 1 aromatic heterocycles. The largest absolute Gasteiger partial charge is 0.351 e. The molecule has 1 N–H and O–H groups in total. The Labute approximate surface area is 119 Å². The van der Waals surface area contributed by atoms with Gasteiger partial charge in [-0.15, -0.1) is 0 Å². The number of aromatic amines is 1. The van der Waals surface area contributed by atoms with Crippen molar-refractivity contribution in [2.45, 2.75) is 26.2 Å². The van der Waals surface area contributed by atoms with Crippen LogP contribution in [0.5, 0.6) is 0 Å². The number of hydrogen-bond donors (Lipinski definition) is 1. The summed E-state index contributed by atoms with van der Waals surface area (Å²) in [6, 6.07) is 9.99. The average molecular weight is 269 g/mol. The van der Waals surface area contributed by atoms with Gasteiger partial charge >= 0.3 is 0 Å². The fraction of sp³-hybridized carbons (Fsp3) is 0.375. The molecule has 2 rings (SSSR count). The SMILES string of the molecule is CN(CC#N)C(=O)c1cc2ccc(C(C)(C)C)cc2[nH]1. The molecule has 4 heteroatoms. The maximum atomic E-state index is 12.1. The van der Waals surface area contributed by atoms with Crippen LogP contribution in [0.4, 0.5) is 0 Å². The lowest BCUT2D eigenvalue weighted by Crippen LogP contribution is -2.27. The Kier molecular flexibility index (Phi) is 3.54. The van der Waals surface area contributed by atoms with E-state index >= 15 is 0 Å². The van der Waals surface area contributed by atoms with E-state index in [1.54, 1.807) is 7.05 Å². The summed E-state index contributed by atoms with van der Waals surface area (Å²) >= 11 is 0. The van der Waals surface area contributed by atoms with Gasteiger partial charge in [0.2, 0.25) is 0 Å². The van der Waals surface area contributed by atoms with Gasteiger partial charge in [0, 0.05) is 18.0 Å². The van der Waals surface area contributed by atoms with Crippen LogP contribution in [0.1, 0.15) is 36.8 Å². The molecule has 2 aromatic rings. The van der Waals surface area contributed by atoms with Gasteiger partial charge in [-0.2, -0.15) is 5.26 Å². The summed E-state index contributed by atoms with van der Waals surface area (Å²) in [6.45, 7) is 6.55. The van der Waals surface area contributed by atoms with E-state index in [1.807, 2.05) is 18.2 Å². The van der Waals surface area contributed by atoms with Crippen LogP contribution in [0.15, 0.2) is 24.3 Å². The van der Waals surface area contributed by atoms with Gasteiger partial charge in [0.25, 0.3) is 5.91 Å². The Morgan fingerprint density at radius 3 is 2.65 bits per heavy atom. The molecule has 0 fully saturated rings. The molecule has 0 aliphatic rings. The van der Waals surface area contributed by atoms with E-state index in [2.05, 4.69) is 37.9 Å². The highest BCUT2D eigenvalue weighted by Gasteiger charge is 2.17. The van der Waals surface area contributed by atoms with Crippen LogP contribution in [0, 0.1) is 11.3 Å². The highest BCUT2D eigenvalue weighted by atomic mass is 16.2. The monoisotopic (exact) mass is 269 g/mol. The van der Waals surface area contributed by atoms with Crippen molar-refractivity contribution >= 4 is 16.8 Å². The van der Waals surface area contributed by atoms with Crippen molar-refractivity contribution < 1.29 is 4.79 Å². The van der Waals surface area contributed by atoms with Crippen LogP contribution in [-0.2, 0) is 5.41 Å². The maximum absolute atomic E-state index is 12.1. The zero-order valence-corrected chi connectivity index (χ0v) is 12.3. The first-order valence-corrected chi connectivity index (χ1v) is 6.58. The third kappa shape index (κ3) is 2.67. The van der Waals surface area contributed by atoms with Crippen molar-refractivity contribution in [3.05, 3.63) is 35.5 Å². The minimum Gasteiger partial charge on any atom is -0.351 e. The molecule has 0 saturated heterocycles. The predicted molar refractivity (Wildman–Crippen MR) is 79.6 cm³/mol. The second-order valence-corrected chi connectivity index (χ2v) is 6.05. The van der Waals surface area contributed by atoms with Gasteiger partial charge in [-0.3, -0.25) is 4.79 Å². The lowest BCUT2D eigenvalue weighted by Gasteiger charge is -2.18. The summed E-state index contributed by atoms with van der Waals surface area (Å²) in [5.74, 6) is -0.167. The predicted octanol–water partition coefficient (Wildman–Crippen LogP) is 3.06. The van der Waals surface area contributed by atoms with Gasteiger partial charge in [-0.25, -0.2) is 0 Å². The zero-order valence-electron chi connectivity index (χ0n) is 12.3. The molecule has 1 amide bonds. The topological polar surface area (TPSA) is 59.9 Å². The van der Waals surface area contributed by atoms with Crippen LogP contribution < -0.4 is 0 Å². The molecule has 0 aliphatic carbocycles. The number of aromatic nitrogens is 1. The number of amides is 1. The molecule has 0 unspecified atom stereocenters. The van der Waals surface area contributed by atoms with Crippen molar-refractivity contribution in [2.24, 2.45) is 0 Å². The summed E-state index contributed by atoms with van der Waals surface area (Å²) < 4.78 is 0. The molecule has 1 aromatic carbocycles. The molecular weight excluding hydrogens is 250 g/mol. The van der Waals surface area contributed by atoms with E-state index in [4.69, 9.17) is 5.26 Å². The van der Waals surface area contributed by atoms with Crippen LogP contribution in [0.3, 0.4) is 0 Å². The van der Waals surface area contributed by atoms with Crippen LogP contribution in [0.2, 0.25) is 0 Å². The first-order chi connectivity index (χ1) is 9.32. The molecule has 0 spiro atoms. The summed E-state index contributed by atoms with van der Waals surface area (Å²) in [4.78, 5) is 16.7. The Bertz CT molecular complexity index is 686. The van der Waals surface area contributed by atoms with E-state index < -0.39 is 0 Å². The molecule has 0 atom stereocenters. The maximum Gasteiger partial charge on any atom is 0.270 e. The van der Waals surface area contributed by atoms with Crippen LogP contribution >= 0.6 is 0 Å². The van der Waals surface area contributed by atoms with Crippen molar-refractivity contribution in [1.82, 2.24) is 9.88 Å². The molecule has 0 aliphatic heterocycles. The zero-order chi connectivity index (χ0) is 14.9. The highest BCUT2D eigenvalue weighted by Crippen LogP contribution is 2.26. The standard InChI is InChI=1S/C16H19N3O/c1-16(2,3)12-6-5-11-9-14(18-13(11)10-12)15(20)19(4)8-7-17/h5-6,9-10,18H,8H2,1-4H3. The van der Waals surface area contributed by atoms with Crippen LogP contribution in [-0.4, -0.2) is 29.4 Å². The Hall–Kier alpha value is -2.28. The minimum absolute atomic E-state index is 0.0705. The van der Waals surface area contributed by atoms with Crippen molar-refractivity contribution in [2.75, 3.05) is 13.6 Å². The number of nitriles is 1. The van der Waals surface area contributed by atoms with Gasteiger partial charge in [0.05, 0.1) is 6.07 Å². The van der Waals surface area contributed by atoms with Crippen molar-refractivity contribution in [1.29, 1.82) is 5.26 Å². The summed E-state index contributed by atoms with van der Waals surface area (Å²) in [7, 11) is 1.62. The van der Waals surface area contributed by atoms with E-state index in [0.717, 1.165) is 10.9 Å². The van der Waals surface area contributed by atoms with E-state index in [9.17, 15) is 4.79 Å². The van der Waals surface area contributed by atoms with Gasteiger partial charge in [-0.1, -0.05) is 32.9 Å². The molecule has 0 radical (unpaired) electrons. The van der Waals surface area contributed by atoms with E-state index in [-0.39, 0.29) is 17.9 Å². The molecule has 0 bridgehead atoms. The van der Waals surface area contributed by atoms with Gasteiger partial charge < -0.3 is 9.88 Å². The first-order valence-electron chi connectivity index (χ1n) is 6.58. The van der Waals surface area contributed by atoms with Gasteiger partial charge in [0.15, 0.2) is 0 Å². The molecule has 1 heterocycles. The fourth-order valence-corrected chi connectivity index (χ4v) is 2.09. The summed E-state index contributed by atoms with van der Waals surface area (Å²) in [5.41, 5.74) is 2.76. The Morgan fingerprint density at radius 2 is 2.05 bits per heavy atom. The second-order valence-electron chi connectivity index (χ2n) is 6.05. The number of fused-ring (bicyclic) bond motifs is 1. The average Bonchev–Trinajstić information content (AvgIpc) is 2.79. The number of rotatable bonds is 2. The van der Waals surface area contributed by atoms with Crippen LogP contribution in [0.25, 0.3) is 10.9 Å². The number of H-pyrrole nitrogens is 1. The quantitative estimate of drug-likeness (QED) is 0.852. The number of benzene rings is 1. The first kappa shape index (κ1) is 14.1. The number of nitrogens with zero attached hydrogens (tertiary/aromatic N) is 2. The Balaban J connectivity index is 2.40. The third-order valence-electron chi connectivity index (χ3n) is 3.37. The number of hydrogen-bond acceptors (Lipinski definition) is 2. The molecule has 4 nitrogen and oxygen atoms in total. The van der Waals surface area contributed by atoms with Gasteiger partial charge in [-0.05, 0) is 23.1 Å². The van der Waals surface area contributed by atoms with Crippen molar-refractivity contribution in [3.8, 4) is 6.07 Å². The lowest BCUT2D eigenvalue weighted by atomic mass is 9.87. The molecular formula is C16H19N3O. The summed E-state index contributed by atoms with van der Waals surface area (Å²) in [5, 5.41) is 9.65. The minimum atomic E-state index is -0.167. The van der Waals surface area contributed by atoms with Gasteiger partial charge in [0.1, 0.15) is 12.2 Å². The molecule has 20 heavy (non-hydrogen) atoms. The number of carbonyl (C=O) groups is 1. The Morgan fingerprint density at radius 1 is 1.35 bits per heavy atom. The summed E-state index contributed by atoms with van der Waals surface area (Å²) in [6.07, 6.45) is 0. The molecule has 0 saturated carbocycles. The highest BCUT2D eigenvalue weighted by molar-refractivity contribution is 5.98. The smallest absolute Gasteiger partial charge is 0.270 e.